The predicted octanol–water partition coefficient (Wildman–Crippen LogP) is -0.0815. The van der Waals surface area contributed by atoms with Gasteiger partial charge >= 0.3 is 0 Å². The van der Waals surface area contributed by atoms with E-state index in [-0.39, 0.29) is 46.8 Å². The maximum Gasteiger partial charge on any atom is 0.255 e. The van der Waals surface area contributed by atoms with Crippen LogP contribution in [-0.4, -0.2) is 75.1 Å². The second kappa shape index (κ2) is 7.76. The van der Waals surface area contributed by atoms with Gasteiger partial charge in [0.2, 0.25) is 5.78 Å². The predicted molar refractivity (Wildman–Crippen MR) is 124 cm³/mol. The molecule has 4 aliphatic rings. The van der Waals surface area contributed by atoms with E-state index in [1.807, 2.05) is 4.90 Å². The van der Waals surface area contributed by atoms with Crippen LogP contribution in [0.4, 0.5) is 10.1 Å². The summed E-state index contributed by atoms with van der Waals surface area (Å²) >= 11 is 0. The second-order valence-corrected chi connectivity index (χ2v) is 10.1. The van der Waals surface area contributed by atoms with E-state index >= 15 is 4.39 Å². The third-order valence-corrected chi connectivity index (χ3v) is 8.07. The molecule has 1 aliphatic heterocycles. The first kappa shape index (κ1) is 24.2. The van der Waals surface area contributed by atoms with E-state index in [1.54, 1.807) is 14.1 Å². The average molecular weight is 502 g/mol. The lowest BCUT2D eigenvalue weighted by Gasteiger charge is -2.48. The highest BCUT2D eigenvalue weighted by Crippen LogP contribution is 2.54. The normalized spacial score (nSPS) is 31.5. The van der Waals surface area contributed by atoms with Crippen LogP contribution in [-0.2, 0) is 20.8 Å². The molecule has 5 atom stereocenters. The molecule has 192 valence electrons. The van der Waals surface area contributed by atoms with E-state index in [2.05, 4.69) is 5.32 Å². The van der Waals surface area contributed by atoms with Crippen molar-refractivity contribution in [1.82, 2.24) is 4.90 Å². The number of primary amides is 1. The quantitative estimate of drug-likeness (QED) is 0.212. The fraction of sp³-hybridized carbons (Fsp3) is 0.458. The Bertz CT molecular complexity index is 1320. The molecule has 1 fully saturated rings. The average Bonchev–Trinajstić information content (AvgIpc) is 2.82. The zero-order valence-electron chi connectivity index (χ0n) is 19.6. The van der Waals surface area contributed by atoms with E-state index in [1.165, 1.54) is 0 Å². The number of rotatable bonds is 2. The number of nitrogens with one attached hydrogen (secondary N) is 1. The van der Waals surface area contributed by atoms with Gasteiger partial charge in [0.1, 0.15) is 28.7 Å². The molecule has 1 saturated carbocycles. The van der Waals surface area contributed by atoms with Crippen molar-refractivity contribution in [3.8, 4) is 5.75 Å². The van der Waals surface area contributed by atoms with Crippen molar-refractivity contribution in [2.24, 2.45) is 23.3 Å². The smallest absolute Gasteiger partial charge is 0.255 e. The lowest BCUT2D eigenvalue weighted by molar-refractivity contribution is -0.149. The molecule has 36 heavy (non-hydrogen) atoms. The number of nitrogens with two attached hydrogens (primary N) is 2. The molecule has 1 unspecified atom stereocenters. The van der Waals surface area contributed by atoms with Gasteiger partial charge in [0, 0.05) is 35.2 Å². The topological polar surface area (TPSA) is 199 Å². The Balaban J connectivity index is 1.74. The van der Waals surface area contributed by atoms with Gasteiger partial charge in [-0.3, -0.25) is 14.4 Å². The Labute approximate surface area is 204 Å². The fourth-order valence-corrected chi connectivity index (χ4v) is 6.32. The van der Waals surface area contributed by atoms with Crippen LogP contribution in [0.3, 0.4) is 0 Å². The van der Waals surface area contributed by atoms with Crippen molar-refractivity contribution in [3.05, 3.63) is 39.4 Å². The minimum atomic E-state index is -2.80. The standard InChI is InChI=1S/C24H27FN4O7/c1-29(2)10-3-4-28-17-13(10)15(25)8-5-7-6-9-16(26)19(31)14(23(27)35)22(34)24(9,36)21(33)11(7)18(30)12(8)20(17)32/h7,9-10,16,28,30,32,34,36H,3-6,26H2,1-2H3,(H2,27,35)/t7-,9-,10?,16-,24-/m0/s1. The number of hydrogen-bond acceptors (Lipinski definition) is 10. The van der Waals surface area contributed by atoms with Gasteiger partial charge in [-0.2, -0.15) is 0 Å². The summed E-state index contributed by atoms with van der Waals surface area (Å²) in [5.41, 5.74) is 7.12. The molecule has 0 radical (unpaired) electrons. The lowest BCUT2D eigenvalue weighted by Crippen LogP contribution is -2.65. The highest BCUT2D eigenvalue weighted by atomic mass is 19.1. The van der Waals surface area contributed by atoms with Gasteiger partial charge in [0.05, 0.1) is 17.3 Å². The van der Waals surface area contributed by atoms with E-state index in [0.29, 0.717) is 13.0 Å². The number of nitrogens with zero attached hydrogens (tertiary/aromatic N) is 1. The summed E-state index contributed by atoms with van der Waals surface area (Å²) < 4.78 is 16.0. The number of carbonyl (C=O) groups is 3. The molecule has 0 saturated heterocycles. The number of amides is 1. The maximum absolute atomic E-state index is 16.0. The van der Waals surface area contributed by atoms with Gasteiger partial charge in [0.25, 0.3) is 5.91 Å². The molecule has 1 aromatic rings. The van der Waals surface area contributed by atoms with Crippen molar-refractivity contribution >= 4 is 28.9 Å². The van der Waals surface area contributed by atoms with Crippen LogP contribution in [0.5, 0.6) is 5.75 Å². The van der Waals surface area contributed by atoms with Crippen molar-refractivity contribution in [2.75, 3.05) is 26.0 Å². The summed E-state index contributed by atoms with van der Waals surface area (Å²) in [6.45, 7) is 0.433. The van der Waals surface area contributed by atoms with Gasteiger partial charge in [-0.25, -0.2) is 4.39 Å². The monoisotopic (exact) mass is 502 g/mol. The second-order valence-electron chi connectivity index (χ2n) is 10.1. The Morgan fingerprint density at radius 3 is 2.50 bits per heavy atom. The zero-order chi connectivity index (χ0) is 26.4. The molecule has 1 aromatic carbocycles. The van der Waals surface area contributed by atoms with Crippen LogP contribution in [0.2, 0.25) is 0 Å². The van der Waals surface area contributed by atoms with E-state index in [0.717, 1.165) is 0 Å². The van der Waals surface area contributed by atoms with Crippen molar-refractivity contribution in [2.45, 2.75) is 36.9 Å². The Morgan fingerprint density at radius 1 is 1.22 bits per heavy atom. The number of aliphatic hydroxyl groups is 3. The number of phenols is 1. The number of aliphatic hydroxyl groups excluding tert-OH is 2. The lowest BCUT2D eigenvalue weighted by atomic mass is 9.57. The van der Waals surface area contributed by atoms with Gasteiger partial charge < -0.3 is 42.1 Å². The van der Waals surface area contributed by atoms with Crippen molar-refractivity contribution in [3.63, 3.8) is 0 Å². The van der Waals surface area contributed by atoms with E-state index < -0.39 is 69.6 Å². The van der Waals surface area contributed by atoms with Gasteiger partial charge in [0.15, 0.2) is 11.4 Å². The molecule has 9 N–H and O–H groups in total. The van der Waals surface area contributed by atoms with Crippen LogP contribution in [0.1, 0.15) is 35.6 Å². The van der Waals surface area contributed by atoms with Crippen LogP contribution in [0.25, 0.3) is 5.76 Å². The molecular weight excluding hydrogens is 475 g/mol. The number of ketones is 2. The minimum Gasteiger partial charge on any atom is -0.508 e. The molecular formula is C24H27FN4O7. The minimum absolute atomic E-state index is 0.000383. The molecule has 0 aromatic heterocycles. The number of Topliss-reactive ketones (excluding diaryl/α,β-unsaturated/α-hetero) is 2. The Hall–Kier alpha value is -3.48. The van der Waals surface area contributed by atoms with E-state index in [9.17, 15) is 34.8 Å². The van der Waals surface area contributed by atoms with Crippen LogP contribution in [0.15, 0.2) is 16.9 Å². The number of aromatic hydroxyl groups is 1. The van der Waals surface area contributed by atoms with Crippen molar-refractivity contribution < 1.29 is 39.2 Å². The summed E-state index contributed by atoms with van der Waals surface area (Å²) in [6.07, 6.45) is 0.259. The fourth-order valence-electron chi connectivity index (χ4n) is 6.32. The summed E-state index contributed by atoms with van der Waals surface area (Å²) in [5.74, 6) is -8.85. The molecule has 5 rings (SSSR count). The Morgan fingerprint density at radius 2 is 1.89 bits per heavy atom. The zero-order valence-corrected chi connectivity index (χ0v) is 19.6. The van der Waals surface area contributed by atoms with E-state index in [4.69, 9.17) is 11.5 Å². The number of halogens is 1. The first-order valence-corrected chi connectivity index (χ1v) is 11.5. The highest BCUT2D eigenvalue weighted by Gasteiger charge is 2.63. The largest absolute Gasteiger partial charge is 0.508 e. The first-order valence-electron chi connectivity index (χ1n) is 11.5. The van der Waals surface area contributed by atoms with Gasteiger partial charge in [-0.1, -0.05) is 0 Å². The summed E-state index contributed by atoms with van der Waals surface area (Å²) in [6, 6.07) is -1.90. The van der Waals surface area contributed by atoms with Crippen LogP contribution < -0.4 is 16.8 Å². The van der Waals surface area contributed by atoms with Crippen molar-refractivity contribution in [1.29, 1.82) is 0 Å². The number of benzene rings is 1. The molecule has 1 amide bonds. The molecule has 1 heterocycles. The SMILES string of the molecule is CN(C)C1CCNc2c(O)c3c(c(F)c21)C[C@H]1C[C@H]2[C@H](N)C(=O)C(C(N)=O)=C(O)[C@@]2(O)C(=O)C1=C3O. The van der Waals surface area contributed by atoms with Crippen LogP contribution in [0, 0.1) is 17.7 Å². The first-order chi connectivity index (χ1) is 16.8. The summed E-state index contributed by atoms with van der Waals surface area (Å²) in [5, 5.41) is 47.3. The number of carbonyl (C=O) groups excluding carboxylic acids is 3. The number of anilines is 1. The highest BCUT2D eigenvalue weighted by molar-refractivity contribution is 6.24. The van der Waals surface area contributed by atoms with Gasteiger partial charge in [-0.05, 0) is 39.3 Å². The number of fused-ring (bicyclic) bond motifs is 4. The summed E-state index contributed by atoms with van der Waals surface area (Å²) in [4.78, 5) is 39.9. The third-order valence-electron chi connectivity index (χ3n) is 8.07. The molecule has 12 heteroatoms. The molecule has 3 aliphatic carbocycles. The van der Waals surface area contributed by atoms with Gasteiger partial charge in [-0.15, -0.1) is 0 Å². The number of hydrogen-bond donors (Lipinski definition) is 7. The molecule has 0 spiro atoms. The number of phenolic OH excluding ortho intramolecular Hbond substituents is 1. The summed E-state index contributed by atoms with van der Waals surface area (Å²) in [7, 11) is 3.57. The maximum atomic E-state index is 16.0. The molecule has 11 nitrogen and oxygen atoms in total. The third kappa shape index (κ3) is 2.85. The Kier molecular flexibility index (Phi) is 5.22. The molecule has 0 bridgehead atoms. The van der Waals surface area contributed by atoms with Crippen LogP contribution >= 0.6 is 0 Å².